The van der Waals surface area contributed by atoms with Crippen LogP contribution in [0.15, 0.2) is 36.7 Å². The van der Waals surface area contributed by atoms with Crippen LogP contribution < -0.4 is 10.5 Å². The minimum absolute atomic E-state index is 0.157. The molecule has 0 saturated carbocycles. The minimum atomic E-state index is 0.157. The highest BCUT2D eigenvalue weighted by Crippen LogP contribution is 2.26. The molecule has 0 saturated heterocycles. The second-order valence-corrected chi connectivity index (χ2v) is 5.32. The third-order valence-electron chi connectivity index (χ3n) is 3.16. The van der Waals surface area contributed by atoms with E-state index in [-0.39, 0.29) is 6.04 Å². The summed E-state index contributed by atoms with van der Waals surface area (Å²) in [5.41, 5.74) is 8.03. The van der Waals surface area contributed by atoms with E-state index in [0.717, 1.165) is 34.7 Å². The van der Waals surface area contributed by atoms with Gasteiger partial charge in [-0.05, 0) is 55.2 Å². The SMILES string of the molecule is CCC(N)Cc1cncc(Oc2ccc(Cl)c(C)c2)c1. The number of hydrogen-bond acceptors (Lipinski definition) is 3. The highest BCUT2D eigenvalue weighted by Gasteiger charge is 2.05. The van der Waals surface area contributed by atoms with Crippen molar-refractivity contribution in [2.45, 2.75) is 32.7 Å². The molecule has 20 heavy (non-hydrogen) atoms. The van der Waals surface area contributed by atoms with E-state index in [2.05, 4.69) is 11.9 Å². The second kappa shape index (κ2) is 6.73. The molecular formula is C16H19ClN2O. The van der Waals surface area contributed by atoms with Gasteiger partial charge in [-0.3, -0.25) is 4.98 Å². The van der Waals surface area contributed by atoms with Gasteiger partial charge in [0.05, 0.1) is 6.20 Å². The number of nitrogens with zero attached hydrogens (tertiary/aromatic N) is 1. The molecule has 1 heterocycles. The van der Waals surface area contributed by atoms with Crippen molar-refractivity contribution in [3.63, 3.8) is 0 Å². The number of hydrogen-bond donors (Lipinski definition) is 1. The van der Waals surface area contributed by atoms with Crippen LogP contribution in [0.5, 0.6) is 11.5 Å². The fourth-order valence-corrected chi connectivity index (χ4v) is 2.01. The van der Waals surface area contributed by atoms with Crippen molar-refractivity contribution < 1.29 is 4.74 Å². The monoisotopic (exact) mass is 290 g/mol. The van der Waals surface area contributed by atoms with Crippen LogP contribution in [0.2, 0.25) is 5.02 Å². The first-order valence-corrected chi connectivity index (χ1v) is 7.09. The molecule has 0 amide bonds. The van der Waals surface area contributed by atoms with Crippen LogP contribution in [0, 0.1) is 6.92 Å². The molecule has 1 aromatic heterocycles. The standard InChI is InChI=1S/C16H19ClN2O/c1-3-13(18)7-12-8-15(10-19-9-12)20-14-4-5-16(17)11(2)6-14/h4-6,8-10,13H,3,7,18H2,1-2H3. The van der Waals surface area contributed by atoms with Crippen molar-refractivity contribution in [2.75, 3.05) is 0 Å². The Morgan fingerprint density at radius 3 is 2.75 bits per heavy atom. The van der Waals surface area contributed by atoms with E-state index in [1.807, 2.05) is 37.4 Å². The average molecular weight is 291 g/mol. The lowest BCUT2D eigenvalue weighted by Crippen LogP contribution is -2.21. The lowest BCUT2D eigenvalue weighted by atomic mass is 10.1. The molecule has 2 aromatic rings. The topological polar surface area (TPSA) is 48.1 Å². The molecule has 1 aromatic carbocycles. The molecular weight excluding hydrogens is 272 g/mol. The third kappa shape index (κ3) is 3.95. The lowest BCUT2D eigenvalue weighted by Gasteiger charge is -2.11. The molecule has 0 aliphatic carbocycles. The van der Waals surface area contributed by atoms with Crippen LogP contribution >= 0.6 is 11.6 Å². The largest absolute Gasteiger partial charge is 0.456 e. The number of aromatic nitrogens is 1. The van der Waals surface area contributed by atoms with Crippen molar-refractivity contribution in [3.8, 4) is 11.5 Å². The predicted octanol–water partition coefficient (Wildman–Crippen LogP) is 4.12. The Morgan fingerprint density at radius 1 is 1.25 bits per heavy atom. The van der Waals surface area contributed by atoms with E-state index in [1.165, 1.54) is 0 Å². The number of ether oxygens (including phenoxy) is 1. The number of halogens is 1. The molecule has 106 valence electrons. The minimum Gasteiger partial charge on any atom is -0.456 e. The summed E-state index contributed by atoms with van der Waals surface area (Å²) in [6.45, 7) is 4.03. The second-order valence-electron chi connectivity index (χ2n) is 4.91. The highest BCUT2D eigenvalue weighted by molar-refractivity contribution is 6.31. The van der Waals surface area contributed by atoms with Gasteiger partial charge in [-0.15, -0.1) is 0 Å². The molecule has 0 spiro atoms. The first-order valence-electron chi connectivity index (χ1n) is 6.72. The quantitative estimate of drug-likeness (QED) is 0.901. The Labute approximate surface area is 124 Å². The molecule has 0 radical (unpaired) electrons. The number of aryl methyl sites for hydroxylation is 1. The van der Waals surface area contributed by atoms with Crippen LogP contribution in [-0.4, -0.2) is 11.0 Å². The Balaban J connectivity index is 2.12. The molecule has 1 unspecified atom stereocenters. The number of rotatable bonds is 5. The molecule has 1 atom stereocenters. The van der Waals surface area contributed by atoms with Gasteiger partial charge in [-0.2, -0.15) is 0 Å². The van der Waals surface area contributed by atoms with E-state index < -0.39 is 0 Å². The van der Waals surface area contributed by atoms with Crippen molar-refractivity contribution in [3.05, 3.63) is 52.8 Å². The van der Waals surface area contributed by atoms with Crippen LogP contribution in [0.1, 0.15) is 24.5 Å². The maximum atomic E-state index is 6.00. The van der Waals surface area contributed by atoms with Gasteiger partial charge >= 0.3 is 0 Å². The van der Waals surface area contributed by atoms with Crippen LogP contribution in [0.25, 0.3) is 0 Å². The zero-order valence-electron chi connectivity index (χ0n) is 11.8. The Kier molecular flexibility index (Phi) is 4.99. The maximum absolute atomic E-state index is 6.00. The Morgan fingerprint density at radius 2 is 2.05 bits per heavy atom. The van der Waals surface area contributed by atoms with Crippen LogP contribution in [0.3, 0.4) is 0 Å². The zero-order valence-corrected chi connectivity index (χ0v) is 12.5. The number of nitrogens with two attached hydrogens (primary N) is 1. The van der Waals surface area contributed by atoms with Crippen LogP contribution in [-0.2, 0) is 6.42 Å². The summed E-state index contributed by atoms with van der Waals surface area (Å²) in [6.07, 6.45) is 5.28. The van der Waals surface area contributed by atoms with E-state index in [0.29, 0.717) is 5.75 Å². The molecule has 2 rings (SSSR count). The fraction of sp³-hybridized carbons (Fsp3) is 0.312. The summed E-state index contributed by atoms with van der Waals surface area (Å²) >= 11 is 6.00. The summed E-state index contributed by atoms with van der Waals surface area (Å²) in [5.74, 6) is 1.47. The van der Waals surface area contributed by atoms with Crippen molar-refractivity contribution in [1.29, 1.82) is 0 Å². The van der Waals surface area contributed by atoms with Crippen molar-refractivity contribution in [2.24, 2.45) is 5.73 Å². The molecule has 4 heteroatoms. The van der Waals surface area contributed by atoms with E-state index >= 15 is 0 Å². The van der Waals surface area contributed by atoms with Gasteiger partial charge in [0.15, 0.2) is 0 Å². The molecule has 3 nitrogen and oxygen atoms in total. The van der Waals surface area contributed by atoms with E-state index in [4.69, 9.17) is 22.1 Å². The summed E-state index contributed by atoms with van der Waals surface area (Å²) in [7, 11) is 0. The number of benzene rings is 1. The predicted molar refractivity (Wildman–Crippen MR) is 82.5 cm³/mol. The molecule has 0 aliphatic heterocycles. The highest BCUT2D eigenvalue weighted by atomic mass is 35.5. The third-order valence-corrected chi connectivity index (χ3v) is 3.58. The molecule has 2 N–H and O–H groups in total. The summed E-state index contributed by atoms with van der Waals surface area (Å²) in [5, 5.41) is 0.734. The maximum Gasteiger partial charge on any atom is 0.145 e. The molecule has 0 fully saturated rings. The van der Waals surface area contributed by atoms with Crippen molar-refractivity contribution >= 4 is 11.6 Å². The average Bonchev–Trinajstić information content (AvgIpc) is 2.43. The van der Waals surface area contributed by atoms with Gasteiger partial charge in [0, 0.05) is 17.3 Å². The van der Waals surface area contributed by atoms with Gasteiger partial charge in [0.2, 0.25) is 0 Å². The zero-order chi connectivity index (χ0) is 14.5. The summed E-state index contributed by atoms with van der Waals surface area (Å²) in [4.78, 5) is 4.20. The summed E-state index contributed by atoms with van der Waals surface area (Å²) in [6, 6.07) is 7.72. The van der Waals surface area contributed by atoms with Gasteiger partial charge in [-0.25, -0.2) is 0 Å². The first-order chi connectivity index (χ1) is 9.58. The molecule has 0 aliphatic rings. The fourth-order valence-electron chi connectivity index (χ4n) is 1.90. The molecule has 0 bridgehead atoms. The van der Waals surface area contributed by atoms with E-state index in [9.17, 15) is 0 Å². The van der Waals surface area contributed by atoms with E-state index in [1.54, 1.807) is 6.20 Å². The van der Waals surface area contributed by atoms with Gasteiger partial charge < -0.3 is 10.5 Å². The number of pyridine rings is 1. The smallest absolute Gasteiger partial charge is 0.145 e. The Hall–Kier alpha value is -1.58. The van der Waals surface area contributed by atoms with Crippen molar-refractivity contribution in [1.82, 2.24) is 4.98 Å². The van der Waals surface area contributed by atoms with Crippen LogP contribution in [0.4, 0.5) is 0 Å². The lowest BCUT2D eigenvalue weighted by molar-refractivity contribution is 0.478. The Bertz CT molecular complexity index is 586. The van der Waals surface area contributed by atoms with Gasteiger partial charge in [0.25, 0.3) is 0 Å². The summed E-state index contributed by atoms with van der Waals surface area (Å²) < 4.78 is 5.81. The van der Waals surface area contributed by atoms with Gasteiger partial charge in [-0.1, -0.05) is 18.5 Å². The van der Waals surface area contributed by atoms with Gasteiger partial charge in [0.1, 0.15) is 11.5 Å². The first kappa shape index (κ1) is 14.8. The normalized spacial score (nSPS) is 12.2.